The second-order valence-corrected chi connectivity index (χ2v) is 8.44. The lowest BCUT2D eigenvalue weighted by molar-refractivity contribution is -0.128. The summed E-state index contributed by atoms with van der Waals surface area (Å²) in [5.41, 5.74) is 2.88. The van der Waals surface area contributed by atoms with Crippen molar-refractivity contribution in [1.82, 2.24) is 9.88 Å². The van der Waals surface area contributed by atoms with Crippen LogP contribution in [0.2, 0.25) is 10.0 Å². The van der Waals surface area contributed by atoms with Crippen molar-refractivity contribution in [2.24, 2.45) is 0 Å². The Morgan fingerprint density at radius 1 is 1.21 bits per heavy atom. The molecule has 0 unspecified atom stereocenters. The highest BCUT2D eigenvalue weighted by atomic mass is 35.5. The van der Waals surface area contributed by atoms with E-state index >= 15 is 0 Å². The number of thiazole rings is 1. The number of anilines is 1. The largest absolute Gasteiger partial charge is 0.338 e. The smallest absolute Gasteiger partial charge is 0.257 e. The Bertz CT molecular complexity index is 1080. The van der Waals surface area contributed by atoms with Gasteiger partial charge >= 0.3 is 0 Å². The zero-order valence-corrected chi connectivity index (χ0v) is 17.7. The van der Waals surface area contributed by atoms with E-state index in [4.69, 9.17) is 23.2 Å². The van der Waals surface area contributed by atoms with Gasteiger partial charge in [0.25, 0.3) is 5.91 Å². The summed E-state index contributed by atoms with van der Waals surface area (Å²) in [5, 5.41) is 6.20. The maximum atomic E-state index is 12.7. The molecule has 1 aliphatic rings. The number of carbonyl (C=O) groups is 2. The number of aromatic nitrogens is 1. The number of benzene rings is 2. The number of nitrogens with zero attached hydrogens (tertiary/aromatic N) is 2. The van der Waals surface area contributed by atoms with Gasteiger partial charge in [0, 0.05) is 41.0 Å². The summed E-state index contributed by atoms with van der Waals surface area (Å²) < 4.78 is 0. The minimum Gasteiger partial charge on any atom is -0.338 e. The molecule has 1 aromatic heterocycles. The van der Waals surface area contributed by atoms with Crippen LogP contribution in [0.3, 0.4) is 0 Å². The first-order valence-electron chi connectivity index (χ1n) is 9.08. The summed E-state index contributed by atoms with van der Waals surface area (Å²) in [6.07, 6.45) is 1.49. The van der Waals surface area contributed by atoms with Crippen molar-refractivity contribution < 1.29 is 9.59 Å². The standard InChI is InChI=1S/C21H17Cl2N3O2S/c22-15-6-7-16(17(23)10-15)18-12-29-21(24-18)25-20(28)14-4-1-3-13(9-14)11-26-8-2-5-19(26)27/h1,3-4,6-7,9-10,12H,2,5,8,11H2,(H,24,25,28). The molecule has 0 radical (unpaired) electrons. The first-order valence-corrected chi connectivity index (χ1v) is 10.7. The van der Waals surface area contributed by atoms with Gasteiger partial charge in [0.15, 0.2) is 5.13 Å². The van der Waals surface area contributed by atoms with Gasteiger partial charge in [0.2, 0.25) is 5.91 Å². The van der Waals surface area contributed by atoms with E-state index in [-0.39, 0.29) is 11.8 Å². The van der Waals surface area contributed by atoms with Crippen LogP contribution < -0.4 is 5.32 Å². The van der Waals surface area contributed by atoms with Gasteiger partial charge in [-0.25, -0.2) is 4.98 Å². The van der Waals surface area contributed by atoms with E-state index in [0.29, 0.717) is 39.4 Å². The normalized spacial score (nSPS) is 13.7. The van der Waals surface area contributed by atoms with Gasteiger partial charge in [0.1, 0.15) is 0 Å². The minimum atomic E-state index is -0.247. The van der Waals surface area contributed by atoms with E-state index in [2.05, 4.69) is 10.3 Å². The number of nitrogens with one attached hydrogen (secondary N) is 1. The molecule has 2 heterocycles. The lowest BCUT2D eigenvalue weighted by Crippen LogP contribution is -2.24. The molecule has 148 valence electrons. The van der Waals surface area contributed by atoms with E-state index in [1.807, 2.05) is 28.5 Å². The van der Waals surface area contributed by atoms with Crippen molar-refractivity contribution >= 4 is 51.5 Å². The van der Waals surface area contributed by atoms with E-state index in [0.717, 1.165) is 24.1 Å². The molecule has 29 heavy (non-hydrogen) atoms. The van der Waals surface area contributed by atoms with Crippen LogP contribution in [0, 0.1) is 0 Å². The Labute approximate surface area is 182 Å². The predicted octanol–water partition coefficient (Wildman–Crippen LogP) is 5.49. The van der Waals surface area contributed by atoms with E-state index < -0.39 is 0 Å². The topological polar surface area (TPSA) is 62.3 Å². The maximum Gasteiger partial charge on any atom is 0.257 e. The van der Waals surface area contributed by atoms with E-state index in [1.54, 1.807) is 24.3 Å². The highest BCUT2D eigenvalue weighted by Crippen LogP contribution is 2.32. The van der Waals surface area contributed by atoms with Crippen LogP contribution in [0.15, 0.2) is 47.8 Å². The van der Waals surface area contributed by atoms with Crippen LogP contribution in [0.5, 0.6) is 0 Å². The molecule has 1 saturated heterocycles. The summed E-state index contributed by atoms with van der Waals surface area (Å²) >= 11 is 13.5. The molecular formula is C21H17Cl2N3O2S. The Kier molecular flexibility index (Phi) is 5.85. The fourth-order valence-corrected chi connectivity index (χ4v) is 4.43. The van der Waals surface area contributed by atoms with Gasteiger partial charge in [-0.2, -0.15) is 0 Å². The highest BCUT2D eigenvalue weighted by molar-refractivity contribution is 7.14. The summed E-state index contributed by atoms with van der Waals surface area (Å²) in [6.45, 7) is 1.29. The molecule has 0 spiro atoms. The van der Waals surface area contributed by atoms with Gasteiger partial charge in [-0.15, -0.1) is 11.3 Å². The first-order chi connectivity index (χ1) is 14.0. The predicted molar refractivity (Wildman–Crippen MR) is 117 cm³/mol. The molecule has 1 aliphatic heterocycles. The molecule has 0 atom stereocenters. The molecule has 0 bridgehead atoms. The molecule has 4 rings (SSSR count). The Hall–Kier alpha value is -2.41. The second kappa shape index (κ2) is 8.53. The first kappa shape index (κ1) is 19.9. The average molecular weight is 446 g/mol. The third-order valence-electron chi connectivity index (χ3n) is 4.67. The van der Waals surface area contributed by atoms with Gasteiger partial charge in [0.05, 0.1) is 10.7 Å². The number of rotatable bonds is 5. The summed E-state index contributed by atoms with van der Waals surface area (Å²) in [4.78, 5) is 30.8. The number of hydrogen-bond acceptors (Lipinski definition) is 4. The summed E-state index contributed by atoms with van der Waals surface area (Å²) in [6, 6.07) is 12.5. The lowest BCUT2D eigenvalue weighted by atomic mass is 10.1. The van der Waals surface area contributed by atoms with Crippen LogP contribution in [0.4, 0.5) is 5.13 Å². The summed E-state index contributed by atoms with van der Waals surface area (Å²) in [7, 11) is 0. The Morgan fingerprint density at radius 3 is 2.83 bits per heavy atom. The molecule has 1 N–H and O–H groups in total. The third-order valence-corrected chi connectivity index (χ3v) is 5.97. The van der Waals surface area contributed by atoms with Crippen LogP contribution >= 0.6 is 34.5 Å². The minimum absolute atomic E-state index is 0.163. The molecule has 2 aromatic carbocycles. The van der Waals surface area contributed by atoms with Crippen molar-refractivity contribution in [1.29, 1.82) is 0 Å². The second-order valence-electron chi connectivity index (χ2n) is 6.74. The highest BCUT2D eigenvalue weighted by Gasteiger charge is 2.20. The van der Waals surface area contributed by atoms with Crippen molar-refractivity contribution in [3.63, 3.8) is 0 Å². The van der Waals surface area contributed by atoms with Gasteiger partial charge in [-0.1, -0.05) is 35.3 Å². The molecule has 0 saturated carbocycles. The van der Waals surface area contributed by atoms with E-state index in [1.165, 1.54) is 11.3 Å². The monoisotopic (exact) mass is 445 g/mol. The zero-order chi connectivity index (χ0) is 20.4. The Morgan fingerprint density at radius 2 is 2.07 bits per heavy atom. The summed E-state index contributed by atoms with van der Waals surface area (Å²) in [5.74, 6) is -0.0845. The Balaban J connectivity index is 1.46. The molecule has 5 nitrogen and oxygen atoms in total. The molecule has 8 heteroatoms. The number of likely N-dealkylation sites (tertiary alicyclic amines) is 1. The van der Waals surface area contributed by atoms with Crippen molar-refractivity contribution in [2.45, 2.75) is 19.4 Å². The third kappa shape index (κ3) is 4.61. The molecular weight excluding hydrogens is 429 g/mol. The molecule has 0 aliphatic carbocycles. The number of hydrogen-bond donors (Lipinski definition) is 1. The quantitative estimate of drug-likeness (QED) is 0.564. The molecule has 3 aromatic rings. The fourth-order valence-electron chi connectivity index (χ4n) is 3.22. The van der Waals surface area contributed by atoms with Crippen molar-refractivity contribution in [3.05, 3.63) is 69.0 Å². The fraction of sp³-hybridized carbons (Fsp3) is 0.190. The van der Waals surface area contributed by atoms with Crippen molar-refractivity contribution in [2.75, 3.05) is 11.9 Å². The molecule has 2 amide bonds. The van der Waals surface area contributed by atoms with Crippen molar-refractivity contribution in [3.8, 4) is 11.3 Å². The van der Waals surface area contributed by atoms with Crippen LogP contribution in [0.25, 0.3) is 11.3 Å². The number of carbonyl (C=O) groups excluding carboxylic acids is 2. The van der Waals surface area contributed by atoms with Crippen LogP contribution in [-0.4, -0.2) is 28.2 Å². The van der Waals surface area contributed by atoms with Crippen LogP contribution in [-0.2, 0) is 11.3 Å². The van der Waals surface area contributed by atoms with E-state index in [9.17, 15) is 9.59 Å². The number of halogens is 2. The lowest BCUT2D eigenvalue weighted by Gasteiger charge is -2.15. The molecule has 1 fully saturated rings. The SMILES string of the molecule is O=C(Nc1nc(-c2ccc(Cl)cc2Cl)cs1)c1cccc(CN2CCCC2=O)c1. The maximum absolute atomic E-state index is 12.7. The van der Waals surface area contributed by atoms with Gasteiger partial charge in [-0.05, 0) is 42.3 Å². The zero-order valence-electron chi connectivity index (χ0n) is 15.3. The van der Waals surface area contributed by atoms with Gasteiger partial charge < -0.3 is 4.90 Å². The van der Waals surface area contributed by atoms with Crippen LogP contribution in [0.1, 0.15) is 28.8 Å². The number of amides is 2. The average Bonchev–Trinajstić information content (AvgIpc) is 3.31. The van der Waals surface area contributed by atoms with Gasteiger partial charge in [-0.3, -0.25) is 14.9 Å².